The maximum atomic E-state index is 11.8. The molecule has 3 heteroatoms. The summed E-state index contributed by atoms with van der Waals surface area (Å²) in [7, 11) is 0. The van der Waals surface area contributed by atoms with Crippen molar-refractivity contribution in [2.24, 2.45) is 0 Å². The highest BCUT2D eigenvalue weighted by Crippen LogP contribution is 2.54. The molecular weight excluding hydrogens is 320 g/mol. The molecule has 3 nitrogen and oxygen atoms in total. The molecule has 0 radical (unpaired) electrons. The molecule has 3 atom stereocenters. The van der Waals surface area contributed by atoms with E-state index in [1.54, 1.807) is 0 Å². The van der Waals surface area contributed by atoms with Crippen LogP contribution in [-0.2, 0) is 16.8 Å². The minimum atomic E-state index is 0.00855. The minimum Gasteiger partial charge on any atom is -0.377 e. The molecule has 1 spiro atoms. The molecule has 0 amide bonds. The van der Waals surface area contributed by atoms with Gasteiger partial charge < -0.3 is 5.32 Å². The number of carbonyl (C=O) groups is 1. The molecule has 26 heavy (non-hydrogen) atoms. The van der Waals surface area contributed by atoms with Crippen LogP contribution in [0.15, 0.2) is 66.2 Å². The Morgan fingerprint density at radius 3 is 2.77 bits per heavy atom. The van der Waals surface area contributed by atoms with Crippen LogP contribution >= 0.6 is 0 Å². The molecule has 2 aromatic rings. The quantitative estimate of drug-likeness (QED) is 0.857. The molecule has 1 aliphatic carbocycles. The first kappa shape index (κ1) is 15.8. The van der Waals surface area contributed by atoms with E-state index in [-0.39, 0.29) is 11.5 Å². The van der Waals surface area contributed by atoms with Gasteiger partial charge in [-0.2, -0.15) is 0 Å². The van der Waals surface area contributed by atoms with Gasteiger partial charge in [-0.25, -0.2) is 0 Å². The van der Waals surface area contributed by atoms with Crippen LogP contribution in [0.3, 0.4) is 0 Å². The van der Waals surface area contributed by atoms with Gasteiger partial charge in [0.15, 0.2) is 0 Å². The van der Waals surface area contributed by atoms with Gasteiger partial charge in [0, 0.05) is 29.3 Å². The minimum absolute atomic E-state index is 0.00855. The first-order valence-corrected chi connectivity index (χ1v) is 9.62. The number of aldehydes is 1. The number of hydrogen-bond donors (Lipinski definition) is 1. The Kier molecular flexibility index (Phi) is 3.71. The van der Waals surface area contributed by atoms with Gasteiger partial charge >= 0.3 is 0 Å². The zero-order valence-electron chi connectivity index (χ0n) is 14.9. The Morgan fingerprint density at radius 1 is 1.12 bits per heavy atom. The monoisotopic (exact) mass is 344 g/mol. The van der Waals surface area contributed by atoms with Crippen molar-refractivity contribution >= 4 is 12.0 Å². The van der Waals surface area contributed by atoms with Crippen LogP contribution in [0, 0.1) is 0 Å². The molecule has 1 N–H and O–H groups in total. The second kappa shape index (κ2) is 6.10. The van der Waals surface area contributed by atoms with Gasteiger partial charge in [0.1, 0.15) is 6.29 Å². The van der Waals surface area contributed by atoms with Gasteiger partial charge in [0.05, 0.1) is 6.04 Å². The second-order valence-electron chi connectivity index (χ2n) is 7.80. The lowest BCUT2D eigenvalue weighted by molar-refractivity contribution is -0.105. The van der Waals surface area contributed by atoms with Gasteiger partial charge in [-0.05, 0) is 43.0 Å². The van der Waals surface area contributed by atoms with E-state index in [2.05, 4.69) is 70.9 Å². The fraction of sp³-hybridized carbons (Fsp3) is 0.348. The third-order valence-corrected chi connectivity index (χ3v) is 6.59. The van der Waals surface area contributed by atoms with Crippen molar-refractivity contribution in [1.29, 1.82) is 0 Å². The van der Waals surface area contributed by atoms with Crippen molar-refractivity contribution < 1.29 is 4.79 Å². The normalized spacial score (nSPS) is 29.8. The maximum Gasteiger partial charge on any atom is 0.147 e. The van der Waals surface area contributed by atoms with Gasteiger partial charge in [-0.1, -0.05) is 54.6 Å². The number of nitrogens with zero attached hydrogens (tertiary/aromatic N) is 1. The van der Waals surface area contributed by atoms with Gasteiger partial charge in [0.2, 0.25) is 0 Å². The number of hydrogen-bond acceptors (Lipinski definition) is 3. The third-order valence-electron chi connectivity index (χ3n) is 6.59. The SMILES string of the molecule is O=CC1=CC[C@@H]2N(Cc3ccccc3)CCC[C@@]23c2ccccc2N[C@@H]13. The largest absolute Gasteiger partial charge is 0.377 e. The highest BCUT2D eigenvalue weighted by atomic mass is 16.1. The third kappa shape index (κ3) is 2.20. The molecule has 0 bridgehead atoms. The number of likely N-dealkylation sites (tertiary alicyclic amines) is 1. The van der Waals surface area contributed by atoms with E-state index in [0.717, 1.165) is 37.8 Å². The molecule has 5 rings (SSSR count). The predicted molar refractivity (Wildman–Crippen MR) is 104 cm³/mol. The molecule has 0 unspecified atom stereocenters. The molecule has 0 saturated carbocycles. The zero-order valence-corrected chi connectivity index (χ0v) is 14.9. The van der Waals surface area contributed by atoms with E-state index in [1.807, 2.05) is 0 Å². The van der Waals surface area contributed by atoms with Gasteiger partial charge in [0.25, 0.3) is 0 Å². The number of benzene rings is 2. The Balaban J connectivity index is 1.59. The average Bonchev–Trinajstić information content (AvgIpc) is 3.02. The van der Waals surface area contributed by atoms with Crippen molar-refractivity contribution in [3.63, 3.8) is 0 Å². The Labute approximate surface area is 154 Å². The summed E-state index contributed by atoms with van der Waals surface area (Å²) in [6.45, 7) is 2.10. The first-order valence-electron chi connectivity index (χ1n) is 9.62. The van der Waals surface area contributed by atoms with Crippen molar-refractivity contribution in [2.45, 2.75) is 43.3 Å². The number of anilines is 1. The highest BCUT2D eigenvalue weighted by molar-refractivity contribution is 5.81. The summed E-state index contributed by atoms with van der Waals surface area (Å²) in [4.78, 5) is 14.4. The van der Waals surface area contributed by atoms with Crippen molar-refractivity contribution in [3.8, 4) is 0 Å². The summed E-state index contributed by atoms with van der Waals surface area (Å²) < 4.78 is 0. The number of para-hydroxylation sites is 1. The summed E-state index contributed by atoms with van der Waals surface area (Å²) in [6.07, 6.45) is 6.50. The Bertz CT molecular complexity index is 860. The van der Waals surface area contributed by atoms with E-state index in [4.69, 9.17) is 0 Å². The number of nitrogens with one attached hydrogen (secondary N) is 1. The lowest BCUT2D eigenvalue weighted by Crippen LogP contribution is -2.61. The number of fused-ring (bicyclic) bond motifs is 1. The van der Waals surface area contributed by atoms with E-state index < -0.39 is 0 Å². The van der Waals surface area contributed by atoms with E-state index in [1.165, 1.54) is 23.2 Å². The predicted octanol–water partition coefficient (Wildman–Crippen LogP) is 3.91. The lowest BCUT2D eigenvalue weighted by Gasteiger charge is -2.53. The number of rotatable bonds is 3. The van der Waals surface area contributed by atoms with E-state index >= 15 is 0 Å². The fourth-order valence-electron chi connectivity index (χ4n) is 5.56. The van der Waals surface area contributed by atoms with E-state index in [0.29, 0.717) is 6.04 Å². The van der Waals surface area contributed by atoms with Crippen LogP contribution in [0.25, 0.3) is 0 Å². The first-order chi connectivity index (χ1) is 12.8. The molecule has 1 saturated heterocycles. The Hall–Kier alpha value is -2.39. The molecular formula is C23H24N2O. The zero-order chi connectivity index (χ0) is 17.6. The standard InChI is InChI=1S/C23H24N2O/c26-16-18-11-12-21-23(19-9-4-5-10-20(19)24-22(18)23)13-6-14-25(21)15-17-7-2-1-3-8-17/h1-5,7-11,16,21-22,24H,6,12-15H2/t21-,22-,23+/m0/s1. The lowest BCUT2D eigenvalue weighted by atomic mass is 9.60. The Morgan fingerprint density at radius 2 is 1.92 bits per heavy atom. The second-order valence-corrected chi connectivity index (χ2v) is 7.80. The average molecular weight is 344 g/mol. The summed E-state index contributed by atoms with van der Waals surface area (Å²) in [6, 6.07) is 20.0. The number of carbonyl (C=O) groups excluding carboxylic acids is 1. The van der Waals surface area contributed by atoms with Crippen LogP contribution in [0.4, 0.5) is 5.69 Å². The summed E-state index contributed by atoms with van der Waals surface area (Å²) in [5.41, 5.74) is 4.91. The van der Waals surface area contributed by atoms with Crippen LogP contribution in [0.5, 0.6) is 0 Å². The summed E-state index contributed by atoms with van der Waals surface area (Å²) >= 11 is 0. The molecule has 2 aromatic carbocycles. The smallest absolute Gasteiger partial charge is 0.147 e. The van der Waals surface area contributed by atoms with E-state index in [9.17, 15) is 4.79 Å². The summed E-state index contributed by atoms with van der Waals surface area (Å²) in [5.74, 6) is 0. The molecule has 132 valence electrons. The number of piperidine rings is 1. The maximum absolute atomic E-state index is 11.8. The van der Waals surface area contributed by atoms with Crippen LogP contribution in [-0.4, -0.2) is 29.8 Å². The van der Waals surface area contributed by atoms with Crippen LogP contribution in [0.1, 0.15) is 30.4 Å². The van der Waals surface area contributed by atoms with Gasteiger partial charge in [-0.15, -0.1) is 0 Å². The fourth-order valence-corrected chi connectivity index (χ4v) is 5.56. The molecule has 3 aliphatic rings. The molecule has 0 aromatic heterocycles. The molecule has 2 aliphatic heterocycles. The van der Waals surface area contributed by atoms with Crippen molar-refractivity contribution in [2.75, 3.05) is 11.9 Å². The van der Waals surface area contributed by atoms with Crippen molar-refractivity contribution in [1.82, 2.24) is 4.90 Å². The topological polar surface area (TPSA) is 32.3 Å². The van der Waals surface area contributed by atoms with Crippen LogP contribution < -0.4 is 5.32 Å². The van der Waals surface area contributed by atoms with Crippen molar-refractivity contribution in [3.05, 3.63) is 77.4 Å². The van der Waals surface area contributed by atoms with Gasteiger partial charge in [-0.3, -0.25) is 9.69 Å². The highest BCUT2D eigenvalue weighted by Gasteiger charge is 2.57. The van der Waals surface area contributed by atoms with Crippen LogP contribution in [0.2, 0.25) is 0 Å². The molecule has 1 fully saturated rings. The molecule has 2 heterocycles. The summed E-state index contributed by atoms with van der Waals surface area (Å²) in [5, 5.41) is 3.69.